The van der Waals surface area contributed by atoms with E-state index in [1.807, 2.05) is 7.05 Å². The lowest BCUT2D eigenvalue weighted by Gasteiger charge is -2.13. The van der Waals surface area contributed by atoms with E-state index in [2.05, 4.69) is 10.5 Å². The van der Waals surface area contributed by atoms with Gasteiger partial charge in [-0.2, -0.15) is 0 Å². The van der Waals surface area contributed by atoms with Crippen molar-refractivity contribution in [1.29, 1.82) is 0 Å². The molecular weight excluding hydrogens is 289 g/mol. The monoisotopic (exact) mass is 308 g/mol. The van der Waals surface area contributed by atoms with Gasteiger partial charge < -0.3 is 19.5 Å². The van der Waals surface area contributed by atoms with Crippen LogP contribution in [0.1, 0.15) is 11.3 Å². The number of ether oxygens (including phenoxy) is 1. The summed E-state index contributed by atoms with van der Waals surface area (Å²) in [5.74, 6) is 0.645. The summed E-state index contributed by atoms with van der Waals surface area (Å²) in [7, 11) is 3.28. The summed E-state index contributed by atoms with van der Waals surface area (Å²) in [6, 6.07) is 6.42. The van der Waals surface area contributed by atoms with Crippen molar-refractivity contribution in [1.82, 2.24) is 5.16 Å². The molecular formula is C15H19FN3O3+. The van der Waals surface area contributed by atoms with Crippen molar-refractivity contribution in [3.05, 3.63) is 41.4 Å². The first-order valence-corrected chi connectivity index (χ1v) is 6.85. The highest BCUT2D eigenvalue weighted by atomic mass is 19.1. The van der Waals surface area contributed by atoms with Crippen LogP contribution in [0.25, 0.3) is 0 Å². The minimum Gasteiger partial charge on any atom is -0.494 e. The van der Waals surface area contributed by atoms with E-state index in [1.165, 1.54) is 13.2 Å². The molecule has 0 saturated heterocycles. The van der Waals surface area contributed by atoms with Crippen LogP contribution in [-0.2, 0) is 11.3 Å². The molecule has 6 nitrogen and oxygen atoms in total. The first kappa shape index (κ1) is 16.0. The van der Waals surface area contributed by atoms with E-state index in [9.17, 15) is 9.18 Å². The maximum Gasteiger partial charge on any atom is 0.280 e. The normalized spacial score (nSPS) is 12.0. The first-order valence-electron chi connectivity index (χ1n) is 6.85. The topological polar surface area (TPSA) is 68.8 Å². The Bertz CT molecular complexity index is 657. The molecule has 1 amide bonds. The number of aromatic nitrogens is 1. The SMILES string of the molecule is COc1ccc(C[NH+](C)CC(=O)Nc2cc(C)on2)cc1F. The van der Waals surface area contributed by atoms with Crippen LogP contribution in [0.3, 0.4) is 0 Å². The molecule has 0 aliphatic heterocycles. The van der Waals surface area contributed by atoms with E-state index in [0.29, 0.717) is 18.1 Å². The maximum atomic E-state index is 13.6. The number of anilines is 1. The largest absolute Gasteiger partial charge is 0.494 e. The van der Waals surface area contributed by atoms with Crippen molar-refractivity contribution in [3.8, 4) is 5.75 Å². The molecule has 1 atom stereocenters. The molecule has 0 aliphatic carbocycles. The average Bonchev–Trinajstić information content (AvgIpc) is 2.83. The van der Waals surface area contributed by atoms with Crippen molar-refractivity contribution in [2.45, 2.75) is 13.5 Å². The highest BCUT2D eigenvalue weighted by molar-refractivity contribution is 5.90. The Kier molecular flexibility index (Phi) is 5.11. The molecule has 0 saturated carbocycles. The van der Waals surface area contributed by atoms with Gasteiger partial charge in [-0.15, -0.1) is 0 Å². The quantitative estimate of drug-likeness (QED) is 0.828. The number of carbonyl (C=O) groups is 1. The molecule has 0 spiro atoms. The van der Waals surface area contributed by atoms with Crippen LogP contribution in [0.4, 0.5) is 10.2 Å². The van der Waals surface area contributed by atoms with Gasteiger partial charge in [-0.1, -0.05) is 5.16 Å². The molecule has 0 bridgehead atoms. The highest BCUT2D eigenvalue weighted by Crippen LogP contribution is 2.17. The Morgan fingerprint density at radius 2 is 2.23 bits per heavy atom. The van der Waals surface area contributed by atoms with Gasteiger partial charge in [0.15, 0.2) is 23.9 Å². The van der Waals surface area contributed by atoms with Gasteiger partial charge >= 0.3 is 0 Å². The molecule has 0 fully saturated rings. The fourth-order valence-corrected chi connectivity index (χ4v) is 2.12. The summed E-state index contributed by atoms with van der Waals surface area (Å²) >= 11 is 0. The molecule has 1 aromatic heterocycles. The smallest absolute Gasteiger partial charge is 0.280 e. The third-order valence-corrected chi connectivity index (χ3v) is 3.08. The van der Waals surface area contributed by atoms with E-state index in [4.69, 9.17) is 9.26 Å². The van der Waals surface area contributed by atoms with Gasteiger partial charge in [-0.05, 0) is 25.1 Å². The van der Waals surface area contributed by atoms with Gasteiger partial charge in [0, 0.05) is 11.6 Å². The Morgan fingerprint density at radius 3 is 2.82 bits per heavy atom. The number of rotatable bonds is 6. The number of quaternary nitrogens is 1. The third kappa shape index (κ3) is 4.29. The molecule has 1 aromatic carbocycles. The van der Waals surface area contributed by atoms with Crippen LogP contribution in [0.5, 0.6) is 5.75 Å². The number of amides is 1. The van der Waals surface area contributed by atoms with Gasteiger partial charge in [0.2, 0.25) is 0 Å². The van der Waals surface area contributed by atoms with Crippen LogP contribution in [-0.4, -0.2) is 31.8 Å². The molecule has 2 rings (SSSR count). The second-order valence-corrected chi connectivity index (χ2v) is 5.15. The van der Waals surface area contributed by atoms with Crippen LogP contribution in [0.2, 0.25) is 0 Å². The zero-order chi connectivity index (χ0) is 16.1. The molecule has 0 aliphatic rings. The van der Waals surface area contributed by atoms with E-state index < -0.39 is 5.82 Å². The second-order valence-electron chi connectivity index (χ2n) is 5.15. The lowest BCUT2D eigenvalue weighted by Crippen LogP contribution is -3.08. The Balaban J connectivity index is 1.88. The zero-order valence-electron chi connectivity index (χ0n) is 12.8. The van der Waals surface area contributed by atoms with Crippen molar-refractivity contribution >= 4 is 11.7 Å². The molecule has 7 heteroatoms. The van der Waals surface area contributed by atoms with E-state index in [-0.39, 0.29) is 18.2 Å². The lowest BCUT2D eigenvalue weighted by molar-refractivity contribution is -0.885. The summed E-state index contributed by atoms with van der Waals surface area (Å²) < 4.78 is 23.4. The highest BCUT2D eigenvalue weighted by Gasteiger charge is 2.13. The zero-order valence-corrected chi connectivity index (χ0v) is 12.8. The molecule has 1 heterocycles. The number of carbonyl (C=O) groups excluding carboxylic acids is 1. The predicted molar refractivity (Wildman–Crippen MR) is 78.3 cm³/mol. The standard InChI is InChI=1S/C15H18FN3O3/c1-10-6-14(18-22-10)17-15(20)9-19(2)8-11-4-5-13(21-3)12(16)7-11/h4-7H,8-9H2,1-3H3,(H,17,18,20)/p+1. The molecule has 1 unspecified atom stereocenters. The van der Waals surface area contributed by atoms with Gasteiger partial charge in [0.05, 0.1) is 14.2 Å². The van der Waals surface area contributed by atoms with E-state index in [1.54, 1.807) is 25.1 Å². The van der Waals surface area contributed by atoms with Gasteiger partial charge in [-0.25, -0.2) is 4.39 Å². The number of hydrogen-bond donors (Lipinski definition) is 2. The van der Waals surface area contributed by atoms with Crippen molar-refractivity contribution in [3.63, 3.8) is 0 Å². The minimum atomic E-state index is -0.407. The van der Waals surface area contributed by atoms with Crippen LogP contribution >= 0.6 is 0 Å². The van der Waals surface area contributed by atoms with Gasteiger partial charge in [-0.3, -0.25) is 4.79 Å². The van der Waals surface area contributed by atoms with E-state index >= 15 is 0 Å². The van der Waals surface area contributed by atoms with Gasteiger partial charge in [0.25, 0.3) is 5.91 Å². The fourth-order valence-electron chi connectivity index (χ4n) is 2.12. The van der Waals surface area contributed by atoms with Crippen LogP contribution in [0, 0.1) is 12.7 Å². The number of halogens is 1. The number of aryl methyl sites for hydroxylation is 1. The summed E-state index contributed by atoms with van der Waals surface area (Å²) in [4.78, 5) is 12.8. The summed E-state index contributed by atoms with van der Waals surface area (Å²) in [5.41, 5.74) is 0.792. The summed E-state index contributed by atoms with van der Waals surface area (Å²) in [6.07, 6.45) is 0. The first-order chi connectivity index (χ1) is 10.5. The second kappa shape index (κ2) is 7.04. The Labute approximate surface area is 127 Å². The lowest BCUT2D eigenvalue weighted by atomic mass is 10.2. The third-order valence-electron chi connectivity index (χ3n) is 3.08. The molecule has 118 valence electrons. The molecule has 2 N–H and O–H groups in total. The predicted octanol–water partition coefficient (Wildman–Crippen LogP) is 0.784. The van der Waals surface area contributed by atoms with Crippen LogP contribution < -0.4 is 15.0 Å². The van der Waals surface area contributed by atoms with Crippen molar-refractivity contribution in [2.75, 3.05) is 26.0 Å². The Hall–Kier alpha value is -2.41. The minimum absolute atomic E-state index is 0.181. The summed E-state index contributed by atoms with van der Waals surface area (Å²) in [6.45, 7) is 2.50. The molecule has 22 heavy (non-hydrogen) atoms. The average molecular weight is 308 g/mol. The van der Waals surface area contributed by atoms with Crippen molar-refractivity contribution < 1.29 is 23.3 Å². The van der Waals surface area contributed by atoms with Crippen molar-refractivity contribution in [2.24, 2.45) is 0 Å². The number of nitrogens with one attached hydrogen (secondary N) is 2. The maximum absolute atomic E-state index is 13.6. The number of benzene rings is 1. The van der Waals surface area contributed by atoms with E-state index in [0.717, 1.165) is 10.5 Å². The van der Waals surface area contributed by atoms with Crippen LogP contribution in [0.15, 0.2) is 28.8 Å². The summed E-state index contributed by atoms with van der Waals surface area (Å²) in [5, 5.41) is 6.35. The fraction of sp³-hybridized carbons (Fsp3) is 0.333. The number of nitrogens with zero attached hydrogens (tertiary/aromatic N) is 1. The number of hydrogen-bond acceptors (Lipinski definition) is 4. The molecule has 0 radical (unpaired) electrons. The molecule has 2 aromatic rings. The van der Waals surface area contributed by atoms with Gasteiger partial charge in [0.1, 0.15) is 12.3 Å². The number of likely N-dealkylation sites (N-methyl/N-ethyl adjacent to an activating group) is 1. The Morgan fingerprint density at radius 1 is 1.45 bits per heavy atom. The number of methoxy groups -OCH3 is 1.